The minimum atomic E-state index is -0.415. The van der Waals surface area contributed by atoms with Gasteiger partial charge in [-0.05, 0) is 50.3 Å². The number of carbonyl (C=O) groups excluding carboxylic acids is 2. The van der Waals surface area contributed by atoms with Crippen molar-refractivity contribution in [3.63, 3.8) is 0 Å². The molecule has 1 amide bonds. The Balaban J connectivity index is 1.99. The molecule has 1 aromatic rings. The van der Waals surface area contributed by atoms with Crippen LogP contribution in [0.5, 0.6) is 11.5 Å². The largest absolute Gasteiger partial charge is 0.493 e. The van der Waals surface area contributed by atoms with Crippen molar-refractivity contribution in [3.8, 4) is 11.5 Å². The van der Waals surface area contributed by atoms with E-state index in [1.807, 2.05) is 6.07 Å². The lowest BCUT2D eigenvalue weighted by molar-refractivity contribution is -0.144. The number of methoxy groups -OCH3 is 2. The third-order valence-electron chi connectivity index (χ3n) is 5.14. The highest BCUT2D eigenvalue weighted by Gasteiger charge is 2.35. The number of hydrogen-bond acceptors (Lipinski definition) is 5. The molecular formula is C20H24BrNO5. The lowest BCUT2D eigenvalue weighted by Gasteiger charge is -2.28. The Morgan fingerprint density at radius 1 is 1.15 bits per heavy atom. The van der Waals surface area contributed by atoms with E-state index in [2.05, 4.69) is 21.2 Å². The summed E-state index contributed by atoms with van der Waals surface area (Å²) in [4.78, 5) is 25.1. The summed E-state index contributed by atoms with van der Waals surface area (Å²) in [6.45, 7) is 1.74. The third kappa shape index (κ3) is 4.13. The summed E-state index contributed by atoms with van der Waals surface area (Å²) in [5.41, 5.74) is 1.83. The summed E-state index contributed by atoms with van der Waals surface area (Å²) in [6, 6.07) is 3.60. The first-order valence-electron chi connectivity index (χ1n) is 9.07. The predicted octanol–water partition coefficient (Wildman–Crippen LogP) is 3.83. The zero-order chi connectivity index (χ0) is 19.6. The van der Waals surface area contributed by atoms with Gasteiger partial charge in [0.1, 0.15) is 6.10 Å². The maximum Gasteiger partial charge on any atom is 0.336 e. The SMILES string of the molecule is COc1cc(Br)c(C2CC(=O)NC(C)=C2C(=O)OC2CCCC2)cc1OC. The molecule has 0 saturated heterocycles. The number of nitrogens with one attached hydrogen (secondary N) is 1. The van der Waals surface area contributed by atoms with Gasteiger partial charge in [-0.1, -0.05) is 15.9 Å². The molecule has 1 atom stereocenters. The van der Waals surface area contributed by atoms with E-state index in [1.54, 1.807) is 27.2 Å². The normalized spacial score (nSPS) is 20.4. The number of benzene rings is 1. The molecule has 1 aliphatic heterocycles. The van der Waals surface area contributed by atoms with Gasteiger partial charge in [-0.3, -0.25) is 4.79 Å². The van der Waals surface area contributed by atoms with E-state index in [1.165, 1.54) is 0 Å². The molecule has 7 heteroatoms. The molecule has 1 aromatic carbocycles. The molecule has 1 fully saturated rings. The second-order valence-electron chi connectivity index (χ2n) is 6.88. The van der Waals surface area contributed by atoms with Gasteiger partial charge in [0.05, 0.1) is 19.8 Å². The molecule has 1 heterocycles. The monoisotopic (exact) mass is 437 g/mol. The van der Waals surface area contributed by atoms with Crippen LogP contribution in [-0.2, 0) is 14.3 Å². The van der Waals surface area contributed by atoms with Crippen molar-refractivity contribution in [1.29, 1.82) is 0 Å². The van der Waals surface area contributed by atoms with Gasteiger partial charge in [-0.25, -0.2) is 4.79 Å². The Morgan fingerprint density at radius 3 is 2.41 bits per heavy atom. The van der Waals surface area contributed by atoms with Gasteiger partial charge >= 0.3 is 5.97 Å². The van der Waals surface area contributed by atoms with Crippen LogP contribution in [0.15, 0.2) is 27.9 Å². The Kier molecular flexibility index (Phi) is 6.09. The van der Waals surface area contributed by atoms with Crippen molar-refractivity contribution in [2.24, 2.45) is 0 Å². The molecule has 2 aliphatic rings. The van der Waals surface area contributed by atoms with Crippen molar-refractivity contribution >= 4 is 27.8 Å². The lowest BCUT2D eigenvalue weighted by Crippen LogP contribution is -2.35. The fraction of sp³-hybridized carbons (Fsp3) is 0.500. The van der Waals surface area contributed by atoms with E-state index in [0.29, 0.717) is 22.8 Å². The topological polar surface area (TPSA) is 73.9 Å². The highest BCUT2D eigenvalue weighted by atomic mass is 79.9. The number of ether oxygens (including phenoxy) is 3. The molecule has 1 aliphatic carbocycles. The molecule has 6 nitrogen and oxygen atoms in total. The molecular weight excluding hydrogens is 414 g/mol. The Morgan fingerprint density at radius 2 is 1.78 bits per heavy atom. The van der Waals surface area contributed by atoms with Gasteiger partial charge in [0.25, 0.3) is 0 Å². The van der Waals surface area contributed by atoms with Crippen molar-refractivity contribution in [2.75, 3.05) is 14.2 Å². The zero-order valence-corrected chi connectivity index (χ0v) is 17.4. The van der Waals surface area contributed by atoms with Gasteiger partial charge in [-0.15, -0.1) is 0 Å². The van der Waals surface area contributed by atoms with Gasteiger partial charge in [0.15, 0.2) is 11.5 Å². The number of hydrogen-bond donors (Lipinski definition) is 1. The first-order chi connectivity index (χ1) is 12.9. The average molecular weight is 438 g/mol. The van der Waals surface area contributed by atoms with Crippen LogP contribution in [0.4, 0.5) is 0 Å². The lowest BCUT2D eigenvalue weighted by atomic mass is 9.84. The summed E-state index contributed by atoms with van der Waals surface area (Å²) < 4.78 is 17.2. The molecule has 1 N–H and O–H groups in total. The van der Waals surface area contributed by atoms with Gasteiger partial charge in [0, 0.05) is 22.5 Å². The summed E-state index contributed by atoms with van der Waals surface area (Å²) in [7, 11) is 3.12. The first kappa shape index (κ1) is 19.7. The smallest absolute Gasteiger partial charge is 0.336 e. The minimum Gasteiger partial charge on any atom is -0.493 e. The van der Waals surface area contributed by atoms with Crippen LogP contribution in [0.3, 0.4) is 0 Å². The Hall–Kier alpha value is -2.02. The fourth-order valence-corrected chi connectivity index (χ4v) is 4.39. The Bertz CT molecular complexity index is 783. The quantitative estimate of drug-likeness (QED) is 0.708. The van der Waals surface area contributed by atoms with E-state index in [9.17, 15) is 9.59 Å². The van der Waals surface area contributed by atoms with Crippen LogP contribution < -0.4 is 14.8 Å². The van der Waals surface area contributed by atoms with E-state index in [4.69, 9.17) is 14.2 Å². The Labute approximate surface area is 167 Å². The van der Waals surface area contributed by atoms with Crippen LogP contribution in [-0.4, -0.2) is 32.2 Å². The minimum absolute atomic E-state index is 0.0371. The number of rotatable bonds is 5. The number of esters is 1. The van der Waals surface area contributed by atoms with Gasteiger partial charge < -0.3 is 19.5 Å². The van der Waals surface area contributed by atoms with Crippen LogP contribution in [0.25, 0.3) is 0 Å². The van der Waals surface area contributed by atoms with Crippen LogP contribution in [0.2, 0.25) is 0 Å². The number of carbonyl (C=O) groups is 2. The summed E-state index contributed by atoms with van der Waals surface area (Å²) >= 11 is 3.55. The number of allylic oxidation sites excluding steroid dienone is 1. The maximum absolute atomic E-state index is 12.9. The second kappa shape index (κ2) is 8.33. The standard InChI is InChI=1S/C20H24BrNO5/c1-11-19(20(24)27-12-6-4-5-7-12)14(9-18(23)22-11)13-8-16(25-2)17(26-3)10-15(13)21/h8,10,12,14H,4-7,9H2,1-3H3,(H,22,23). The molecule has 0 aromatic heterocycles. The van der Waals surface area contributed by atoms with E-state index in [-0.39, 0.29) is 24.4 Å². The molecule has 1 unspecified atom stereocenters. The molecule has 27 heavy (non-hydrogen) atoms. The van der Waals surface area contributed by atoms with Crippen molar-refractivity contribution in [3.05, 3.63) is 33.4 Å². The maximum atomic E-state index is 12.9. The van der Waals surface area contributed by atoms with E-state index in [0.717, 1.165) is 35.7 Å². The number of halogens is 1. The zero-order valence-electron chi connectivity index (χ0n) is 15.8. The van der Waals surface area contributed by atoms with Crippen molar-refractivity contribution < 1.29 is 23.8 Å². The summed E-state index contributed by atoms with van der Waals surface area (Å²) in [5.74, 6) is 0.219. The molecule has 1 saturated carbocycles. The highest BCUT2D eigenvalue weighted by molar-refractivity contribution is 9.10. The van der Waals surface area contributed by atoms with E-state index >= 15 is 0 Å². The van der Waals surface area contributed by atoms with Crippen LogP contribution in [0.1, 0.15) is 50.5 Å². The van der Waals surface area contributed by atoms with Crippen LogP contribution >= 0.6 is 15.9 Å². The highest BCUT2D eigenvalue weighted by Crippen LogP contribution is 2.42. The molecule has 0 spiro atoms. The van der Waals surface area contributed by atoms with Crippen molar-refractivity contribution in [2.45, 2.75) is 51.0 Å². The van der Waals surface area contributed by atoms with Crippen LogP contribution in [0, 0.1) is 0 Å². The first-order valence-corrected chi connectivity index (χ1v) is 9.87. The number of amides is 1. The predicted molar refractivity (Wildman–Crippen MR) is 104 cm³/mol. The molecule has 3 rings (SSSR count). The molecule has 0 bridgehead atoms. The van der Waals surface area contributed by atoms with Gasteiger partial charge in [-0.2, -0.15) is 0 Å². The van der Waals surface area contributed by atoms with Gasteiger partial charge in [0.2, 0.25) is 5.91 Å². The second-order valence-corrected chi connectivity index (χ2v) is 7.74. The summed E-state index contributed by atoms with van der Waals surface area (Å²) in [5, 5.41) is 2.77. The third-order valence-corrected chi connectivity index (χ3v) is 5.83. The average Bonchev–Trinajstić information content (AvgIpc) is 3.13. The summed E-state index contributed by atoms with van der Waals surface area (Å²) in [6.07, 6.45) is 4.09. The molecule has 0 radical (unpaired) electrons. The fourth-order valence-electron chi connectivity index (χ4n) is 3.80. The molecule has 146 valence electrons. The van der Waals surface area contributed by atoms with Crippen molar-refractivity contribution in [1.82, 2.24) is 5.32 Å². The van der Waals surface area contributed by atoms with E-state index < -0.39 is 5.92 Å².